The van der Waals surface area contributed by atoms with E-state index in [0.29, 0.717) is 0 Å². The molecule has 10 heavy (non-hydrogen) atoms. The molecule has 0 aliphatic carbocycles. The van der Waals surface area contributed by atoms with Crippen molar-refractivity contribution >= 4 is 34.8 Å². The van der Waals surface area contributed by atoms with Crippen LogP contribution in [0.5, 0.6) is 0 Å². The number of hydrogen-bond acceptors (Lipinski definition) is 0. The molecule has 1 aromatic carbocycles. The molecule has 0 radical (unpaired) electrons. The van der Waals surface area contributed by atoms with E-state index in [9.17, 15) is 0 Å². The molecule has 0 aliphatic rings. The summed E-state index contributed by atoms with van der Waals surface area (Å²) in [5.41, 5.74) is 0. The third-order valence-electron chi connectivity index (χ3n) is 1.28. The van der Waals surface area contributed by atoms with Crippen molar-refractivity contribution in [3.05, 3.63) is 29.3 Å². The third kappa shape index (κ3) is 1.89. The van der Waals surface area contributed by atoms with Gasteiger partial charge >= 0.3 is 74.0 Å². The second kappa shape index (κ2) is 3.62. The molecule has 1 aromatic rings. The minimum atomic E-state index is -0.974. The van der Waals surface area contributed by atoms with Gasteiger partial charge in [0.25, 0.3) is 0 Å². The molecule has 0 aromatic heterocycles. The van der Waals surface area contributed by atoms with Crippen molar-refractivity contribution in [2.75, 3.05) is 0 Å². The summed E-state index contributed by atoms with van der Waals surface area (Å²) >= 11 is 4.99. The van der Waals surface area contributed by atoms with Crippen LogP contribution in [0.1, 0.15) is 0 Å². The predicted molar refractivity (Wildman–Crippen MR) is 48.6 cm³/mol. The van der Waals surface area contributed by atoms with Gasteiger partial charge in [0.1, 0.15) is 0 Å². The van der Waals surface area contributed by atoms with Crippen molar-refractivity contribution in [2.24, 2.45) is 0 Å². The van der Waals surface area contributed by atoms with Gasteiger partial charge in [-0.1, -0.05) is 0 Å². The average Bonchev–Trinajstić information content (AvgIpc) is 1.88. The Morgan fingerprint density at radius 3 is 2.20 bits per heavy atom. The van der Waals surface area contributed by atoms with E-state index in [2.05, 4.69) is 22.1 Å². The van der Waals surface area contributed by atoms with E-state index in [1.54, 1.807) is 0 Å². The summed E-state index contributed by atoms with van der Waals surface area (Å²) < 4.78 is 1.40. The van der Waals surface area contributed by atoms with Crippen LogP contribution in [0.25, 0.3) is 0 Å². The van der Waals surface area contributed by atoms with Gasteiger partial charge in [0.05, 0.1) is 0 Å². The van der Waals surface area contributed by atoms with E-state index in [1.807, 2.05) is 12.1 Å². The molecular weight excluding hydrogens is 259 g/mol. The third-order valence-corrected chi connectivity index (χ3v) is 5.48. The van der Waals surface area contributed by atoms with Crippen LogP contribution in [0.2, 0.25) is 15.0 Å². The Bertz CT molecular complexity index is 220. The number of halogens is 1. The van der Waals surface area contributed by atoms with Gasteiger partial charge < -0.3 is 0 Å². The van der Waals surface area contributed by atoms with Crippen molar-refractivity contribution in [1.29, 1.82) is 0 Å². The van der Waals surface area contributed by atoms with Crippen LogP contribution in [0.3, 0.4) is 0 Å². The fourth-order valence-electron chi connectivity index (χ4n) is 0.776. The average molecular weight is 269 g/mol. The van der Waals surface area contributed by atoms with Gasteiger partial charge in [0.2, 0.25) is 0 Å². The molecule has 0 atom stereocenters. The molecule has 0 bridgehead atoms. The Labute approximate surface area is 73.8 Å². The van der Waals surface area contributed by atoms with Gasteiger partial charge in [-0.15, -0.1) is 0 Å². The minimum absolute atomic E-state index is 0.948. The van der Waals surface area contributed by atoms with E-state index in [-0.39, 0.29) is 0 Å². The van der Waals surface area contributed by atoms with Crippen molar-refractivity contribution in [1.82, 2.24) is 0 Å². The molecule has 1 rings (SSSR count). The van der Waals surface area contributed by atoms with E-state index in [0.717, 1.165) is 5.02 Å². The van der Waals surface area contributed by atoms with Crippen LogP contribution in [-0.2, 0) is 0 Å². The van der Waals surface area contributed by atoms with Gasteiger partial charge in [-0.3, -0.25) is 0 Å². The van der Waals surface area contributed by atoms with Crippen LogP contribution in [0, 0.1) is 0 Å². The van der Waals surface area contributed by atoms with Crippen molar-refractivity contribution in [2.45, 2.75) is 9.94 Å². The first kappa shape index (κ1) is 8.40. The molecule has 0 aliphatic heterocycles. The standard InChI is InChI=1S/C8H10ClTe/c1-10(2)8-6-4-3-5-7(8)9/h3-6H,1-2H3/q+1. The molecule has 0 fully saturated rings. The molecular formula is C8H10ClTe+. The molecule has 0 amide bonds. The van der Waals surface area contributed by atoms with Crippen molar-refractivity contribution in [3.63, 3.8) is 0 Å². The molecule has 2 heteroatoms. The number of rotatable bonds is 1. The second-order valence-electron chi connectivity index (χ2n) is 2.25. The Balaban J connectivity index is 3.03. The molecule has 0 spiro atoms. The van der Waals surface area contributed by atoms with Crippen LogP contribution < -0.4 is 3.61 Å². The first-order valence-electron chi connectivity index (χ1n) is 3.04. The molecule has 0 nitrogen and oxygen atoms in total. The van der Waals surface area contributed by atoms with E-state index < -0.39 is 19.6 Å². The van der Waals surface area contributed by atoms with Crippen LogP contribution >= 0.6 is 11.6 Å². The summed E-state index contributed by atoms with van der Waals surface area (Å²) in [5.74, 6) is 0. The molecule has 0 saturated carbocycles. The molecule has 0 N–H and O–H groups in total. The van der Waals surface area contributed by atoms with Gasteiger partial charge in [-0.2, -0.15) is 0 Å². The van der Waals surface area contributed by atoms with Gasteiger partial charge in [0.15, 0.2) is 0 Å². The van der Waals surface area contributed by atoms with E-state index in [4.69, 9.17) is 11.6 Å². The summed E-state index contributed by atoms with van der Waals surface area (Å²) in [6, 6.07) is 8.15. The van der Waals surface area contributed by atoms with Gasteiger partial charge in [-0.25, -0.2) is 0 Å². The van der Waals surface area contributed by atoms with Crippen molar-refractivity contribution in [3.8, 4) is 0 Å². The first-order chi connectivity index (χ1) is 4.72. The fraction of sp³-hybridized carbons (Fsp3) is 0.250. The predicted octanol–water partition coefficient (Wildman–Crippen LogP) is 2.30. The molecule has 0 heterocycles. The summed E-state index contributed by atoms with van der Waals surface area (Å²) in [4.78, 5) is 4.62. The summed E-state index contributed by atoms with van der Waals surface area (Å²) in [5, 5.41) is 0.948. The zero-order valence-corrected chi connectivity index (χ0v) is 9.18. The van der Waals surface area contributed by atoms with Crippen LogP contribution in [0.15, 0.2) is 24.3 Å². The van der Waals surface area contributed by atoms with E-state index >= 15 is 0 Å². The maximum atomic E-state index is 5.96. The second-order valence-corrected chi connectivity index (χ2v) is 8.57. The summed E-state index contributed by atoms with van der Waals surface area (Å²) in [6.07, 6.45) is 0. The SMILES string of the molecule is C[Te+](C)c1ccccc1Cl. The Kier molecular flexibility index (Phi) is 3.04. The zero-order chi connectivity index (χ0) is 7.56. The molecule has 0 unspecified atom stereocenters. The Morgan fingerprint density at radius 2 is 1.80 bits per heavy atom. The van der Waals surface area contributed by atoms with Crippen molar-refractivity contribution < 1.29 is 0 Å². The summed E-state index contributed by atoms with van der Waals surface area (Å²) in [7, 11) is 0. The van der Waals surface area contributed by atoms with Crippen LogP contribution in [0.4, 0.5) is 0 Å². The molecule has 0 saturated heterocycles. The number of hydrogen-bond donors (Lipinski definition) is 0. The monoisotopic (exact) mass is 271 g/mol. The molecule has 54 valence electrons. The fourth-order valence-corrected chi connectivity index (χ4v) is 4.25. The van der Waals surface area contributed by atoms with E-state index in [1.165, 1.54) is 3.61 Å². The summed E-state index contributed by atoms with van der Waals surface area (Å²) in [6.45, 7) is 0. The Hall–Kier alpha value is 0.300. The van der Waals surface area contributed by atoms with Crippen LogP contribution in [-0.4, -0.2) is 19.6 Å². The van der Waals surface area contributed by atoms with Gasteiger partial charge in [0, 0.05) is 0 Å². The first-order valence-corrected chi connectivity index (χ1v) is 9.24. The number of benzene rings is 1. The topological polar surface area (TPSA) is 0 Å². The maximum absolute atomic E-state index is 5.96. The zero-order valence-electron chi connectivity index (χ0n) is 6.10. The van der Waals surface area contributed by atoms with Gasteiger partial charge in [-0.05, 0) is 0 Å². The Morgan fingerprint density at radius 1 is 1.20 bits per heavy atom. The normalized spacial score (nSPS) is 10.4. The quantitative estimate of drug-likeness (QED) is 0.686.